The lowest BCUT2D eigenvalue weighted by Crippen LogP contribution is -2.15. The van der Waals surface area contributed by atoms with Crippen molar-refractivity contribution in [2.75, 3.05) is 11.1 Å². The second-order valence-corrected chi connectivity index (χ2v) is 5.06. The van der Waals surface area contributed by atoms with Gasteiger partial charge in [0.05, 0.1) is 11.4 Å². The summed E-state index contributed by atoms with van der Waals surface area (Å²) in [6.45, 7) is 3.93. The van der Waals surface area contributed by atoms with E-state index in [-0.39, 0.29) is 11.6 Å². The number of aryl methyl sites for hydroxylation is 2. The molecule has 1 aromatic carbocycles. The monoisotopic (exact) mass is 292 g/mol. The Bertz CT molecular complexity index is 636. The van der Waals surface area contributed by atoms with E-state index in [2.05, 4.69) is 15.5 Å². The highest BCUT2D eigenvalue weighted by molar-refractivity contribution is 6.31. The number of nitrogen functional groups attached to an aromatic ring is 1. The number of benzene rings is 1. The molecule has 0 aliphatic carbocycles. The molecule has 0 spiro atoms. The zero-order valence-electron chi connectivity index (χ0n) is 11.5. The van der Waals surface area contributed by atoms with Crippen LogP contribution in [0, 0.1) is 6.92 Å². The minimum Gasteiger partial charge on any atom is -0.395 e. The highest BCUT2D eigenvalue weighted by atomic mass is 35.5. The van der Waals surface area contributed by atoms with Crippen molar-refractivity contribution in [2.45, 2.75) is 26.7 Å². The van der Waals surface area contributed by atoms with Gasteiger partial charge in [0.25, 0.3) is 5.91 Å². The summed E-state index contributed by atoms with van der Waals surface area (Å²) < 4.78 is 0. The maximum absolute atomic E-state index is 12.2. The second kappa shape index (κ2) is 5.96. The van der Waals surface area contributed by atoms with Crippen molar-refractivity contribution in [1.82, 2.24) is 10.2 Å². The number of halogens is 1. The molecule has 106 valence electrons. The molecule has 0 aliphatic rings. The molecule has 0 fully saturated rings. The highest BCUT2D eigenvalue weighted by Gasteiger charge is 2.17. The van der Waals surface area contributed by atoms with E-state index in [0.29, 0.717) is 16.4 Å². The van der Waals surface area contributed by atoms with Crippen LogP contribution in [0.4, 0.5) is 11.4 Å². The smallest absolute Gasteiger partial charge is 0.278 e. The summed E-state index contributed by atoms with van der Waals surface area (Å²) in [6.07, 6.45) is 1.70. The number of hydrogen-bond acceptors (Lipinski definition) is 3. The van der Waals surface area contributed by atoms with Crippen LogP contribution >= 0.6 is 11.6 Å². The molecule has 0 saturated carbocycles. The van der Waals surface area contributed by atoms with Gasteiger partial charge in [-0.1, -0.05) is 31.0 Å². The zero-order chi connectivity index (χ0) is 14.7. The van der Waals surface area contributed by atoms with Crippen molar-refractivity contribution in [3.63, 3.8) is 0 Å². The van der Waals surface area contributed by atoms with Gasteiger partial charge in [-0.05, 0) is 31.0 Å². The Morgan fingerprint density at radius 2 is 2.25 bits per heavy atom. The van der Waals surface area contributed by atoms with Crippen molar-refractivity contribution in [3.05, 3.63) is 40.2 Å². The molecule has 1 amide bonds. The molecular formula is C14H17ClN4O. The van der Waals surface area contributed by atoms with Crippen LogP contribution in [0.25, 0.3) is 0 Å². The van der Waals surface area contributed by atoms with Crippen LogP contribution in [0.5, 0.6) is 0 Å². The fourth-order valence-corrected chi connectivity index (χ4v) is 2.08. The summed E-state index contributed by atoms with van der Waals surface area (Å²) in [6, 6.07) is 5.31. The maximum atomic E-state index is 12.2. The van der Waals surface area contributed by atoms with E-state index in [4.69, 9.17) is 17.3 Å². The number of aromatic amines is 1. The number of nitrogens with two attached hydrogens (primary N) is 1. The van der Waals surface area contributed by atoms with Gasteiger partial charge in [0.15, 0.2) is 5.69 Å². The van der Waals surface area contributed by atoms with Gasteiger partial charge >= 0.3 is 0 Å². The first-order valence-electron chi connectivity index (χ1n) is 6.43. The lowest BCUT2D eigenvalue weighted by Gasteiger charge is -2.08. The molecule has 0 bridgehead atoms. The number of anilines is 2. The van der Waals surface area contributed by atoms with E-state index in [0.717, 1.165) is 24.1 Å². The largest absolute Gasteiger partial charge is 0.395 e. The third-order valence-corrected chi connectivity index (χ3v) is 3.28. The van der Waals surface area contributed by atoms with Crippen LogP contribution in [0.3, 0.4) is 0 Å². The number of nitrogens with zero attached hydrogens (tertiary/aromatic N) is 1. The predicted molar refractivity (Wildman–Crippen MR) is 81.1 cm³/mol. The van der Waals surface area contributed by atoms with Crippen molar-refractivity contribution >= 4 is 28.9 Å². The van der Waals surface area contributed by atoms with E-state index in [9.17, 15) is 4.79 Å². The van der Waals surface area contributed by atoms with Crippen LogP contribution in [0.15, 0.2) is 18.2 Å². The molecule has 0 atom stereocenters. The average Bonchev–Trinajstić information content (AvgIpc) is 2.76. The topological polar surface area (TPSA) is 83.8 Å². The number of nitrogens with one attached hydrogen (secondary N) is 2. The Labute approximate surface area is 122 Å². The first kappa shape index (κ1) is 14.4. The van der Waals surface area contributed by atoms with E-state index in [1.165, 1.54) is 0 Å². The molecule has 20 heavy (non-hydrogen) atoms. The van der Waals surface area contributed by atoms with Crippen LogP contribution in [-0.2, 0) is 6.42 Å². The first-order chi connectivity index (χ1) is 9.52. The lowest BCUT2D eigenvalue weighted by molar-refractivity contribution is 0.102. The van der Waals surface area contributed by atoms with Crippen LogP contribution in [-0.4, -0.2) is 16.1 Å². The first-order valence-corrected chi connectivity index (χ1v) is 6.81. The lowest BCUT2D eigenvalue weighted by atomic mass is 10.2. The molecule has 4 N–H and O–H groups in total. The van der Waals surface area contributed by atoms with Crippen molar-refractivity contribution in [1.29, 1.82) is 0 Å². The molecule has 0 radical (unpaired) electrons. The third-order valence-electron chi connectivity index (χ3n) is 3.05. The third kappa shape index (κ3) is 2.93. The van der Waals surface area contributed by atoms with Crippen LogP contribution in [0.1, 0.15) is 35.1 Å². The van der Waals surface area contributed by atoms with Crippen molar-refractivity contribution < 1.29 is 4.79 Å². The van der Waals surface area contributed by atoms with Crippen molar-refractivity contribution in [2.24, 2.45) is 0 Å². The summed E-state index contributed by atoms with van der Waals surface area (Å²) in [5, 5.41) is 10.1. The van der Waals surface area contributed by atoms with E-state index >= 15 is 0 Å². The fourth-order valence-electron chi connectivity index (χ4n) is 1.91. The molecule has 0 saturated heterocycles. The maximum Gasteiger partial charge on any atom is 0.278 e. The molecule has 1 heterocycles. The normalized spacial score (nSPS) is 10.6. The van der Waals surface area contributed by atoms with Crippen molar-refractivity contribution in [3.8, 4) is 0 Å². The molecule has 2 aromatic rings. The molecule has 2 rings (SSSR count). The molecule has 0 aliphatic heterocycles. The SMILES string of the molecule is CCCc1[nH]nc(C(=O)Nc2cc(Cl)ccc2C)c1N. The summed E-state index contributed by atoms with van der Waals surface area (Å²) >= 11 is 5.93. The summed E-state index contributed by atoms with van der Waals surface area (Å²) in [5.74, 6) is -0.341. The van der Waals surface area contributed by atoms with Gasteiger partial charge in [0.2, 0.25) is 0 Å². The quantitative estimate of drug-likeness (QED) is 0.809. The predicted octanol–water partition coefficient (Wildman–Crippen LogP) is 3.16. The summed E-state index contributed by atoms with van der Waals surface area (Å²) in [5.41, 5.74) is 8.92. The summed E-state index contributed by atoms with van der Waals surface area (Å²) in [4.78, 5) is 12.2. The average molecular weight is 293 g/mol. The number of aromatic nitrogens is 2. The highest BCUT2D eigenvalue weighted by Crippen LogP contribution is 2.22. The van der Waals surface area contributed by atoms with Gasteiger partial charge in [-0.2, -0.15) is 5.10 Å². The Morgan fingerprint density at radius 3 is 2.95 bits per heavy atom. The number of amides is 1. The molecule has 1 aromatic heterocycles. The number of rotatable bonds is 4. The number of carbonyl (C=O) groups is 1. The Balaban J connectivity index is 2.22. The number of carbonyl (C=O) groups excluding carboxylic acids is 1. The summed E-state index contributed by atoms with van der Waals surface area (Å²) in [7, 11) is 0. The standard InChI is InChI=1S/C14H17ClN4O/c1-3-4-10-12(16)13(19-18-10)14(20)17-11-7-9(15)6-5-8(11)2/h5-7H,3-4,16H2,1-2H3,(H,17,20)(H,18,19). The minimum atomic E-state index is -0.341. The van der Waals surface area contributed by atoms with Gasteiger partial charge < -0.3 is 11.1 Å². The van der Waals surface area contributed by atoms with E-state index < -0.39 is 0 Å². The zero-order valence-corrected chi connectivity index (χ0v) is 12.2. The van der Waals surface area contributed by atoms with Gasteiger partial charge in [-0.25, -0.2) is 0 Å². The Morgan fingerprint density at radius 1 is 1.50 bits per heavy atom. The van der Waals surface area contributed by atoms with E-state index in [1.807, 2.05) is 19.9 Å². The van der Waals surface area contributed by atoms with Gasteiger partial charge in [-0.15, -0.1) is 0 Å². The van der Waals surface area contributed by atoms with Gasteiger partial charge in [0.1, 0.15) is 0 Å². The van der Waals surface area contributed by atoms with Gasteiger partial charge in [-0.3, -0.25) is 9.89 Å². The minimum absolute atomic E-state index is 0.216. The molecule has 5 nitrogen and oxygen atoms in total. The number of hydrogen-bond donors (Lipinski definition) is 3. The van der Waals surface area contributed by atoms with E-state index in [1.54, 1.807) is 12.1 Å². The second-order valence-electron chi connectivity index (χ2n) is 4.63. The molecule has 6 heteroatoms. The number of H-pyrrole nitrogens is 1. The fraction of sp³-hybridized carbons (Fsp3) is 0.286. The molecular weight excluding hydrogens is 276 g/mol. The van der Waals surface area contributed by atoms with Gasteiger partial charge in [0, 0.05) is 10.7 Å². The van der Waals surface area contributed by atoms with Crippen LogP contribution < -0.4 is 11.1 Å². The van der Waals surface area contributed by atoms with Crippen LogP contribution in [0.2, 0.25) is 5.02 Å². The Hall–Kier alpha value is -2.01. The Kier molecular flexibility index (Phi) is 4.29. The molecule has 0 unspecified atom stereocenters.